The normalized spacial score (nSPS) is 23.4. The minimum atomic E-state index is -3.85. The molecule has 94 valence electrons. The van der Waals surface area contributed by atoms with Gasteiger partial charge in [0, 0.05) is 17.2 Å². The highest BCUT2D eigenvalue weighted by molar-refractivity contribution is 8.11. The summed E-state index contributed by atoms with van der Waals surface area (Å²) in [5.41, 5.74) is -0.624. The summed E-state index contributed by atoms with van der Waals surface area (Å²) in [4.78, 5) is 11.7. The molecule has 0 N–H and O–H groups in total. The summed E-state index contributed by atoms with van der Waals surface area (Å²) >= 11 is 0. The van der Waals surface area contributed by atoms with E-state index in [2.05, 4.69) is 0 Å². The van der Waals surface area contributed by atoms with Crippen LogP contribution in [0.4, 0.5) is 0 Å². The highest BCUT2D eigenvalue weighted by Gasteiger charge is 2.39. The van der Waals surface area contributed by atoms with Crippen LogP contribution in [0.15, 0.2) is 0 Å². The molecule has 1 atom stereocenters. The van der Waals surface area contributed by atoms with Crippen molar-refractivity contribution >= 4 is 25.9 Å². The van der Waals surface area contributed by atoms with Crippen molar-refractivity contribution in [2.75, 3.05) is 6.54 Å². The van der Waals surface area contributed by atoms with E-state index >= 15 is 0 Å². The number of ether oxygens (including phenoxy) is 1. The van der Waals surface area contributed by atoms with Gasteiger partial charge in [0.1, 0.15) is 11.6 Å². The summed E-state index contributed by atoms with van der Waals surface area (Å²) in [6.07, 6.45) is 1.08. The number of hydrogen-bond donors (Lipinski definition) is 0. The summed E-state index contributed by atoms with van der Waals surface area (Å²) in [6.45, 7) is 5.48. The maximum absolute atomic E-state index is 11.7. The number of halogens is 1. The molecule has 1 aliphatic heterocycles. The smallest absolute Gasteiger partial charge is 0.325 e. The first-order valence-corrected chi connectivity index (χ1v) is 7.32. The van der Waals surface area contributed by atoms with E-state index in [1.165, 1.54) is 0 Å². The van der Waals surface area contributed by atoms with E-state index in [0.29, 0.717) is 12.8 Å². The third kappa shape index (κ3) is 3.61. The molecule has 0 radical (unpaired) electrons. The fraction of sp³-hybridized carbons (Fsp3) is 0.889. The molecule has 1 rings (SSSR count). The second-order valence-corrected chi connectivity index (χ2v) is 7.21. The summed E-state index contributed by atoms with van der Waals surface area (Å²) in [5.74, 6) is -0.533. The van der Waals surface area contributed by atoms with Crippen LogP contribution in [0.25, 0.3) is 0 Å². The number of rotatable bonds is 2. The Morgan fingerprint density at radius 2 is 2.00 bits per heavy atom. The molecular weight excluding hydrogens is 254 g/mol. The lowest BCUT2D eigenvalue weighted by Gasteiger charge is -2.25. The molecule has 0 unspecified atom stereocenters. The van der Waals surface area contributed by atoms with Crippen molar-refractivity contribution < 1.29 is 17.9 Å². The molecule has 0 aliphatic carbocycles. The van der Waals surface area contributed by atoms with E-state index in [1.54, 1.807) is 20.8 Å². The van der Waals surface area contributed by atoms with Gasteiger partial charge in [0.2, 0.25) is 0 Å². The molecule has 0 aromatic rings. The Morgan fingerprint density at radius 3 is 2.44 bits per heavy atom. The molecule has 1 heterocycles. The number of hydrogen-bond acceptors (Lipinski definition) is 4. The molecular formula is C9H16ClNO4S. The van der Waals surface area contributed by atoms with Crippen LogP contribution in [0.2, 0.25) is 0 Å². The van der Waals surface area contributed by atoms with Crippen LogP contribution in [0, 0.1) is 0 Å². The van der Waals surface area contributed by atoms with E-state index in [4.69, 9.17) is 15.4 Å². The second-order valence-electron chi connectivity index (χ2n) is 4.74. The van der Waals surface area contributed by atoms with E-state index < -0.39 is 26.8 Å². The van der Waals surface area contributed by atoms with Crippen LogP contribution in [0.1, 0.15) is 33.6 Å². The summed E-state index contributed by atoms with van der Waals surface area (Å²) < 4.78 is 28.5. The van der Waals surface area contributed by atoms with Gasteiger partial charge >= 0.3 is 15.2 Å². The monoisotopic (exact) mass is 269 g/mol. The summed E-state index contributed by atoms with van der Waals surface area (Å²) in [6, 6.07) is -0.776. The predicted octanol–water partition coefficient (Wildman–Crippen LogP) is 1.28. The van der Waals surface area contributed by atoms with Gasteiger partial charge in [0.25, 0.3) is 0 Å². The molecule has 1 fully saturated rings. The minimum Gasteiger partial charge on any atom is -0.459 e. The maximum atomic E-state index is 11.7. The summed E-state index contributed by atoms with van der Waals surface area (Å²) in [5, 5.41) is 0. The van der Waals surface area contributed by atoms with Gasteiger partial charge in [-0.15, -0.1) is 0 Å². The number of carbonyl (C=O) groups is 1. The lowest BCUT2D eigenvalue weighted by atomic mass is 10.2. The Balaban J connectivity index is 2.77. The molecule has 0 amide bonds. The molecule has 1 saturated heterocycles. The SMILES string of the molecule is CC(C)(C)OC(=O)[C@@H]1CCCN1S(=O)(=O)Cl. The van der Waals surface area contributed by atoms with Gasteiger partial charge in [-0.3, -0.25) is 4.79 Å². The van der Waals surface area contributed by atoms with E-state index in [0.717, 1.165) is 4.31 Å². The average molecular weight is 270 g/mol. The Kier molecular flexibility index (Phi) is 3.87. The topological polar surface area (TPSA) is 63.7 Å². The standard InChI is InChI=1S/C9H16ClNO4S/c1-9(2,3)15-8(12)7-5-4-6-11(7)16(10,13)14/h7H,4-6H2,1-3H3/t7-/m0/s1. The van der Waals surface area contributed by atoms with Crippen molar-refractivity contribution in [3.8, 4) is 0 Å². The van der Waals surface area contributed by atoms with Crippen LogP contribution in [-0.4, -0.2) is 36.9 Å². The van der Waals surface area contributed by atoms with Crippen molar-refractivity contribution in [1.82, 2.24) is 4.31 Å². The lowest BCUT2D eigenvalue weighted by Crippen LogP contribution is -2.41. The first-order valence-electron chi connectivity index (χ1n) is 5.05. The first kappa shape index (κ1) is 13.7. The molecule has 7 heteroatoms. The Hall–Kier alpha value is -0.330. The van der Waals surface area contributed by atoms with Gasteiger partial charge in [0.15, 0.2) is 0 Å². The molecule has 16 heavy (non-hydrogen) atoms. The molecule has 1 aliphatic rings. The van der Waals surface area contributed by atoms with Gasteiger partial charge in [0.05, 0.1) is 0 Å². The van der Waals surface area contributed by atoms with Crippen LogP contribution in [0.5, 0.6) is 0 Å². The van der Waals surface area contributed by atoms with Crippen molar-refractivity contribution in [3.63, 3.8) is 0 Å². The van der Waals surface area contributed by atoms with Crippen LogP contribution >= 0.6 is 10.7 Å². The quantitative estimate of drug-likeness (QED) is 0.560. The Labute approximate surface area is 100 Å². The van der Waals surface area contributed by atoms with Crippen LogP contribution in [0.3, 0.4) is 0 Å². The fourth-order valence-electron chi connectivity index (χ4n) is 1.61. The number of nitrogens with zero attached hydrogens (tertiary/aromatic N) is 1. The Bertz CT molecular complexity index is 373. The van der Waals surface area contributed by atoms with E-state index in [9.17, 15) is 13.2 Å². The van der Waals surface area contributed by atoms with Crippen molar-refractivity contribution in [3.05, 3.63) is 0 Å². The zero-order valence-corrected chi connectivity index (χ0v) is 11.1. The number of carbonyl (C=O) groups excluding carboxylic acids is 1. The highest BCUT2D eigenvalue weighted by Crippen LogP contribution is 2.25. The minimum absolute atomic E-state index is 0.274. The molecule has 0 bridgehead atoms. The average Bonchev–Trinajstić information content (AvgIpc) is 2.45. The van der Waals surface area contributed by atoms with Gasteiger partial charge in [-0.25, -0.2) is 0 Å². The van der Waals surface area contributed by atoms with Crippen molar-refractivity contribution in [1.29, 1.82) is 0 Å². The van der Waals surface area contributed by atoms with Crippen LogP contribution in [-0.2, 0) is 18.8 Å². The summed E-state index contributed by atoms with van der Waals surface area (Å²) in [7, 11) is 1.39. The zero-order chi connectivity index (χ0) is 12.6. The maximum Gasteiger partial charge on any atom is 0.325 e. The lowest BCUT2D eigenvalue weighted by molar-refractivity contribution is -0.158. The third-order valence-corrected chi connectivity index (χ3v) is 3.69. The molecule has 0 spiro atoms. The van der Waals surface area contributed by atoms with E-state index in [-0.39, 0.29) is 6.54 Å². The van der Waals surface area contributed by atoms with Gasteiger partial charge in [-0.2, -0.15) is 12.7 Å². The van der Waals surface area contributed by atoms with Gasteiger partial charge < -0.3 is 4.74 Å². The number of esters is 1. The fourth-order valence-corrected chi connectivity index (χ4v) is 2.94. The van der Waals surface area contributed by atoms with Crippen molar-refractivity contribution in [2.45, 2.75) is 45.3 Å². The highest BCUT2D eigenvalue weighted by atomic mass is 35.7. The molecule has 0 aromatic heterocycles. The predicted molar refractivity (Wildman–Crippen MR) is 60.3 cm³/mol. The van der Waals surface area contributed by atoms with Crippen molar-refractivity contribution in [2.24, 2.45) is 0 Å². The second kappa shape index (κ2) is 4.50. The van der Waals surface area contributed by atoms with Crippen LogP contribution < -0.4 is 0 Å². The zero-order valence-electron chi connectivity index (χ0n) is 9.57. The molecule has 5 nitrogen and oxygen atoms in total. The third-order valence-electron chi connectivity index (χ3n) is 2.16. The largest absolute Gasteiger partial charge is 0.459 e. The Morgan fingerprint density at radius 1 is 1.44 bits per heavy atom. The molecule has 0 saturated carbocycles. The molecule has 0 aromatic carbocycles. The van der Waals surface area contributed by atoms with Gasteiger partial charge in [-0.05, 0) is 33.6 Å². The first-order chi connectivity index (χ1) is 7.11. The van der Waals surface area contributed by atoms with E-state index in [1.807, 2.05) is 0 Å². The van der Waals surface area contributed by atoms with Gasteiger partial charge in [-0.1, -0.05) is 0 Å².